The molecule has 20 heavy (non-hydrogen) atoms. The summed E-state index contributed by atoms with van der Waals surface area (Å²) in [4.78, 5) is 30.9. The van der Waals surface area contributed by atoms with Crippen molar-refractivity contribution in [1.82, 2.24) is 15.3 Å². The Morgan fingerprint density at radius 3 is 3.00 bits per heavy atom. The van der Waals surface area contributed by atoms with Crippen LogP contribution in [-0.4, -0.2) is 27.7 Å². The number of fused-ring (bicyclic) bond motifs is 1. The van der Waals surface area contributed by atoms with Crippen LogP contribution in [0.3, 0.4) is 0 Å². The third kappa shape index (κ3) is 3.20. The summed E-state index contributed by atoms with van der Waals surface area (Å²) in [5.41, 5.74) is 1.60. The van der Waals surface area contributed by atoms with Crippen LogP contribution in [0.5, 0.6) is 0 Å². The molecular weight excluding hydrogens is 294 g/mol. The van der Waals surface area contributed by atoms with Gasteiger partial charge in [0, 0.05) is 23.1 Å². The van der Waals surface area contributed by atoms with E-state index in [1.54, 1.807) is 11.8 Å². The van der Waals surface area contributed by atoms with Gasteiger partial charge in [0.25, 0.3) is 5.56 Å². The number of rotatable bonds is 4. The van der Waals surface area contributed by atoms with E-state index in [9.17, 15) is 9.59 Å². The highest BCUT2D eigenvalue weighted by Crippen LogP contribution is 2.26. The first kappa shape index (κ1) is 14.0. The monoisotopic (exact) mass is 311 g/mol. The molecule has 0 radical (unpaired) electrons. The van der Waals surface area contributed by atoms with E-state index >= 15 is 0 Å². The minimum atomic E-state index is -0.0568. The van der Waals surface area contributed by atoms with Crippen molar-refractivity contribution in [3.63, 3.8) is 0 Å². The van der Waals surface area contributed by atoms with Crippen LogP contribution in [-0.2, 0) is 16.3 Å². The number of nitrogens with zero attached hydrogens (tertiary/aromatic N) is 1. The molecule has 0 aromatic carbocycles. The highest BCUT2D eigenvalue weighted by Gasteiger charge is 2.19. The van der Waals surface area contributed by atoms with Crippen LogP contribution in [0.25, 0.3) is 0 Å². The number of amides is 1. The van der Waals surface area contributed by atoms with Gasteiger partial charge in [0.15, 0.2) is 5.16 Å². The van der Waals surface area contributed by atoms with E-state index in [4.69, 9.17) is 0 Å². The predicted molar refractivity (Wildman–Crippen MR) is 81.0 cm³/mol. The molecule has 0 spiro atoms. The smallest absolute Gasteiger partial charge is 0.255 e. The minimum absolute atomic E-state index is 0.0272. The molecule has 1 aliphatic heterocycles. The van der Waals surface area contributed by atoms with Crippen molar-refractivity contribution in [1.29, 1.82) is 0 Å². The zero-order chi connectivity index (χ0) is 13.9. The Kier molecular flexibility index (Phi) is 4.35. The maximum Gasteiger partial charge on any atom is 0.255 e. The Hall–Kier alpha value is -0.950. The van der Waals surface area contributed by atoms with E-state index in [1.807, 2.05) is 0 Å². The Labute approximate surface area is 125 Å². The Morgan fingerprint density at radius 2 is 2.20 bits per heavy atom. The van der Waals surface area contributed by atoms with Gasteiger partial charge in [0.2, 0.25) is 5.91 Å². The van der Waals surface area contributed by atoms with Crippen LogP contribution in [0.4, 0.5) is 0 Å². The number of nitrogens with one attached hydrogen (secondary N) is 2. The second kappa shape index (κ2) is 6.22. The molecule has 2 heterocycles. The van der Waals surface area contributed by atoms with E-state index in [-0.39, 0.29) is 11.5 Å². The van der Waals surface area contributed by atoms with E-state index in [0.717, 1.165) is 35.6 Å². The fourth-order valence-electron chi connectivity index (χ4n) is 2.58. The van der Waals surface area contributed by atoms with Crippen molar-refractivity contribution in [3.8, 4) is 0 Å². The molecule has 3 rings (SSSR count). The maximum atomic E-state index is 11.8. The summed E-state index contributed by atoms with van der Waals surface area (Å²) in [6.45, 7) is 0. The third-order valence-electron chi connectivity index (χ3n) is 3.62. The summed E-state index contributed by atoms with van der Waals surface area (Å²) >= 11 is 3.00. The molecule has 1 amide bonds. The van der Waals surface area contributed by atoms with Crippen molar-refractivity contribution in [2.45, 2.75) is 48.4 Å². The molecule has 1 aromatic rings. The molecule has 1 fully saturated rings. The molecule has 7 heteroatoms. The largest absolute Gasteiger partial charge is 0.353 e. The fraction of sp³-hybridized carbons (Fsp3) is 0.615. The van der Waals surface area contributed by atoms with E-state index in [2.05, 4.69) is 15.3 Å². The number of carbonyl (C=O) groups excluding carboxylic acids is 1. The lowest BCUT2D eigenvalue weighted by Crippen LogP contribution is -2.33. The van der Waals surface area contributed by atoms with Gasteiger partial charge in [-0.15, -0.1) is 0 Å². The third-order valence-corrected chi connectivity index (χ3v) is 5.47. The standard InChI is InChI=1S/C13H17N3O2S2/c17-11(14-8-3-1-2-4-8)7-20-13-15-10-6-19-5-9(10)12(18)16-13/h8H,1-7H2,(H,14,17)(H,15,16,18). The van der Waals surface area contributed by atoms with E-state index in [0.29, 0.717) is 17.0 Å². The molecule has 108 valence electrons. The molecule has 0 saturated heterocycles. The lowest BCUT2D eigenvalue weighted by molar-refractivity contribution is -0.119. The van der Waals surface area contributed by atoms with Crippen LogP contribution < -0.4 is 10.9 Å². The second-order valence-electron chi connectivity index (χ2n) is 5.13. The summed E-state index contributed by atoms with van der Waals surface area (Å²) in [7, 11) is 0. The van der Waals surface area contributed by atoms with Crippen LogP contribution >= 0.6 is 23.5 Å². The van der Waals surface area contributed by atoms with Crippen molar-refractivity contribution < 1.29 is 4.79 Å². The lowest BCUT2D eigenvalue weighted by Gasteiger charge is -2.11. The van der Waals surface area contributed by atoms with Gasteiger partial charge in [-0.05, 0) is 12.8 Å². The molecule has 0 unspecified atom stereocenters. The van der Waals surface area contributed by atoms with Crippen molar-refractivity contribution in [2.24, 2.45) is 0 Å². The zero-order valence-corrected chi connectivity index (χ0v) is 12.7. The Morgan fingerprint density at radius 1 is 1.40 bits per heavy atom. The first-order chi connectivity index (χ1) is 9.72. The average molecular weight is 311 g/mol. The van der Waals surface area contributed by atoms with Crippen molar-refractivity contribution in [3.05, 3.63) is 21.6 Å². The van der Waals surface area contributed by atoms with Gasteiger partial charge in [-0.3, -0.25) is 9.59 Å². The van der Waals surface area contributed by atoms with Crippen LogP contribution in [0, 0.1) is 0 Å². The topological polar surface area (TPSA) is 74.8 Å². The second-order valence-corrected chi connectivity index (χ2v) is 7.08. The van der Waals surface area contributed by atoms with Gasteiger partial charge in [-0.1, -0.05) is 24.6 Å². The molecule has 1 saturated carbocycles. The van der Waals surface area contributed by atoms with Gasteiger partial charge in [0.1, 0.15) is 0 Å². The number of aromatic nitrogens is 2. The molecular formula is C13H17N3O2S2. The number of thioether (sulfide) groups is 2. The zero-order valence-electron chi connectivity index (χ0n) is 11.1. The quantitative estimate of drug-likeness (QED) is 0.653. The first-order valence-electron chi connectivity index (χ1n) is 6.84. The summed E-state index contributed by atoms with van der Waals surface area (Å²) < 4.78 is 0. The lowest BCUT2D eigenvalue weighted by atomic mass is 10.2. The highest BCUT2D eigenvalue weighted by atomic mass is 32.2. The normalized spacial score (nSPS) is 18.2. The number of aromatic amines is 1. The van der Waals surface area contributed by atoms with E-state index < -0.39 is 0 Å². The molecule has 2 aliphatic rings. The molecule has 1 aliphatic carbocycles. The molecule has 5 nitrogen and oxygen atoms in total. The Balaban J connectivity index is 1.57. The van der Waals surface area contributed by atoms with Crippen LogP contribution in [0.1, 0.15) is 36.9 Å². The maximum absolute atomic E-state index is 11.8. The number of hydrogen-bond acceptors (Lipinski definition) is 5. The van der Waals surface area contributed by atoms with Gasteiger partial charge < -0.3 is 10.3 Å². The van der Waals surface area contributed by atoms with Gasteiger partial charge in [-0.25, -0.2) is 4.98 Å². The van der Waals surface area contributed by atoms with Crippen molar-refractivity contribution in [2.75, 3.05) is 5.75 Å². The average Bonchev–Trinajstić information content (AvgIpc) is 3.07. The molecule has 0 atom stereocenters. The van der Waals surface area contributed by atoms with Crippen LogP contribution in [0.15, 0.2) is 9.95 Å². The number of H-pyrrole nitrogens is 1. The van der Waals surface area contributed by atoms with Gasteiger partial charge in [0.05, 0.1) is 11.4 Å². The summed E-state index contributed by atoms with van der Waals surface area (Å²) in [6.07, 6.45) is 4.58. The van der Waals surface area contributed by atoms with Gasteiger partial charge in [-0.2, -0.15) is 11.8 Å². The van der Waals surface area contributed by atoms with Crippen LogP contribution in [0.2, 0.25) is 0 Å². The summed E-state index contributed by atoms with van der Waals surface area (Å²) in [6, 6.07) is 0.339. The number of hydrogen-bond donors (Lipinski definition) is 2. The van der Waals surface area contributed by atoms with Crippen molar-refractivity contribution >= 4 is 29.4 Å². The molecule has 2 N–H and O–H groups in total. The van der Waals surface area contributed by atoms with E-state index in [1.165, 1.54) is 24.6 Å². The SMILES string of the molecule is O=C(CSc1nc2c(c(=O)[nH]1)CSC2)NC1CCCC1. The summed E-state index contributed by atoms with van der Waals surface area (Å²) in [5.74, 6) is 1.87. The minimum Gasteiger partial charge on any atom is -0.353 e. The highest BCUT2D eigenvalue weighted by molar-refractivity contribution is 7.99. The fourth-order valence-corrected chi connectivity index (χ4v) is 4.31. The Bertz CT molecular complexity index is 567. The number of carbonyl (C=O) groups is 1. The van der Waals surface area contributed by atoms with Gasteiger partial charge >= 0.3 is 0 Å². The summed E-state index contributed by atoms with van der Waals surface area (Å²) in [5, 5.41) is 3.59. The first-order valence-corrected chi connectivity index (χ1v) is 8.98. The molecule has 1 aromatic heterocycles. The predicted octanol–water partition coefficient (Wildman–Crippen LogP) is 1.67. The molecule has 0 bridgehead atoms.